The third-order valence-electron chi connectivity index (χ3n) is 5.88. The van der Waals surface area contributed by atoms with E-state index < -0.39 is 0 Å². The van der Waals surface area contributed by atoms with Crippen LogP contribution in [0.1, 0.15) is 44.1 Å². The van der Waals surface area contributed by atoms with Gasteiger partial charge in [-0.15, -0.1) is 0 Å². The number of nitrogens with two attached hydrogens (primary N) is 1. The molecule has 1 aromatic carbocycles. The number of rotatable bonds is 6. The molecule has 1 atom stereocenters. The highest BCUT2D eigenvalue weighted by Gasteiger charge is 2.25. The minimum Gasteiger partial charge on any atom is -0.497 e. The smallest absolute Gasteiger partial charge is 0.119 e. The van der Waals surface area contributed by atoms with E-state index in [1.54, 1.807) is 7.11 Å². The number of benzene rings is 1. The summed E-state index contributed by atoms with van der Waals surface area (Å²) in [6, 6.07) is 6.77. The van der Waals surface area contributed by atoms with E-state index in [9.17, 15) is 0 Å². The van der Waals surface area contributed by atoms with E-state index in [0.717, 1.165) is 24.0 Å². The van der Waals surface area contributed by atoms with Crippen molar-refractivity contribution in [2.45, 2.75) is 51.0 Å². The van der Waals surface area contributed by atoms with E-state index in [0.29, 0.717) is 6.04 Å². The SMILES string of the molecule is COc1ccc(Br)c(CC2CCN(CCC3CCC(N)CC3)C2)c1. The summed E-state index contributed by atoms with van der Waals surface area (Å²) in [7, 11) is 1.74. The summed E-state index contributed by atoms with van der Waals surface area (Å²) in [5.74, 6) is 2.64. The molecule has 0 bridgehead atoms. The maximum atomic E-state index is 6.02. The topological polar surface area (TPSA) is 38.5 Å². The molecule has 0 amide bonds. The summed E-state index contributed by atoms with van der Waals surface area (Å²) in [5, 5.41) is 0. The van der Waals surface area contributed by atoms with Crippen LogP contribution in [0.25, 0.3) is 0 Å². The fourth-order valence-corrected chi connectivity index (χ4v) is 4.68. The first kappa shape index (κ1) is 18.2. The Labute approximate surface area is 155 Å². The van der Waals surface area contributed by atoms with Gasteiger partial charge in [0.15, 0.2) is 0 Å². The Morgan fingerprint density at radius 3 is 2.71 bits per heavy atom. The Hall–Kier alpha value is -0.580. The zero-order chi connectivity index (χ0) is 16.9. The van der Waals surface area contributed by atoms with Crippen molar-refractivity contribution in [2.75, 3.05) is 26.7 Å². The van der Waals surface area contributed by atoms with Gasteiger partial charge in [0, 0.05) is 17.1 Å². The van der Waals surface area contributed by atoms with Crippen LogP contribution in [-0.2, 0) is 6.42 Å². The van der Waals surface area contributed by atoms with Crippen molar-refractivity contribution in [1.82, 2.24) is 4.90 Å². The van der Waals surface area contributed by atoms with Crippen LogP contribution in [0.5, 0.6) is 5.75 Å². The first-order valence-electron chi connectivity index (χ1n) is 9.44. The summed E-state index contributed by atoms with van der Waals surface area (Å²) in [6.45, 7) is 3.78. The quantitative estimate of drug-likeness (QED) is 0.784. The number of nitrogens with zero attached hydrogens (tertiary/aromatic N) is 1. The Morgan fingerprint density at radius 1 is 1.17 bits per heavy atom. The second-order valence-corrected chi connectivity index (χ2v) is 8.54. The van der Waals surface area contributed by atoms with Gasteiger partial charge < -0.3 is 15.4 Å². The summed E-state index contributed by atoms with van der Waals surface area (Å²) in [4.78, 5) is 2.67. The molecular weight excluding hydrogens is 364 g/mol. The van der Waals surface area contributed by atoms with E-state index in [2.05, 4.69) is 33.0 Å². The number of methoxy groups -OCH3 is 1. The lowest BCUT2D eigenvalue weighted by atomic mass is 9.84. The maximum absolute atomic E-state index is 6.02. The Bertz CT molecular complexity index is 528. The molecule has 134 valence electrons. The molecule has 1 heterocycles. The van der Waals surface area contributed by atoms with E-state index >= 15 is 0 Å². The number of ether oxygens (including phenoxy) is 1. The third kappa shape index (κ3) is 4.96. The first-order chi connectivity index (χ1) is 11.6. The molecule has 1 saturated heterocycles. The van der Waals surface area contributed by atoms with Gasteiger partial charge in [-0.05, 0) is 93.6 Å². The summed E-state index contributed by atoms with van der Waals surface area (Å²) in [6.07, 6.45) is 8.98. The van der Waals surface area contributed by atoms with Crippen LogP contribution in [0.2, 0.25) is 0 Å². The zero-order valence-corrected chi connectivity index (χ0v) is 16.4. The van der Waals surface area contributed by atoms with Crippen molar-refractivity contribution in [1.29, 1.82) is 0 Å². The van der Waals surface area contributed by atoms with Crippen molar-refractivity contribution in [3.63, 3.8) is 0 Å². The van der Waals surface area contributed by atoms with Crippen LogP contribution >= 0.6 is 15.9 Å². The summed E-state index contributed by atoms with van der Waals surface area (Å²) >= 11 is 3.69. The molecule has 2 N–H and O–H groups in total. The third-order valence-corrected chi connectivity index (χ3v) is 6.65. The molecule has 0 radical (unpaired) electrons. The van der Waals surface area contributed by atoms with Gasteiger partial charge >= 0.3 is 0 Å². The van der Waals surface area contributed by atoms with Gasteiger partial charge in [0.2, 0.25) is 0 Å². The normalized spacial score (nSPS) is 28.2. The van der Waals surface area contributed by atoms with Crippen LogP contribution < -0.4 is 10.5 Å². The lowest BCUT2D eigenvalue weighted by Crippen LogP contribution is -2.29. The second kappa shape index (κ2) is 8.68. The van der Waals surface area contributed by atoms with Gasteiger partial charge in [-0.3, -0.25) is 0 Å². The minimum atomic E-state index is 0.471. The summed E-state index contributed by atoms with van der Waals surface area (Å²) < 4.78 is 6.58. The van der Waals surface area contributed by atoms with Crippen LogP contribution in [-0.4, -0.2) is 37.7 Å². The lowest BCUT2D eigenvalue weighted by molar-refractivity contribution is 0.250. The van der Waals surface area contributed by atoms with Crippen molar-refractivity contribution in [2.24, 2.45) is 17.6 Å². The molecule has 4 heteroatoms. The van der Waals surface area contributed by atoms with Crippen LogP contribution in [0.15, 0.2) is 22.7 Å². The minimum absolute atomic E-state index is 0.471. The van der Waals surface area contributed by atoms with Gasteiger partial charge in [0.25, 0.3) is 0 Å². The largest absolute Gasteiger partial charge is 0.497 e. The molecule has 3 rings (SSSR count). The fourth-order valence-electron chi connectivity index (χ4n) is 4.27. The Kier molecular flexibility index (Phi) is 6.59. The Morgan fingerprint density at radius 2 is 1.96 bits per heavy atom. The van der Waals surface area contributed by atoms with E-state index in [-0.39, 0.29) is 0 Å². The molecule has 1 unspecified atom stereocenters. The van der Waals surface area contributed by atoms with Crippen molar-refractivity contribution < 1.29 is 4.74 Å². The highest BCUT2D eigenvalue weighted by Crippen LogP contribution is 2.30. The molecule has 0 aromatic heterocycles. The highest BCUT2D eigenvalue weighted by molar-refractivity contribution is 9.10. The van der Waals surface area contributed by atoms with Gasteiger partial charge in [0.1, 0.15) is 5.75 Å². The van der Waals surface area contributed by atoms with Gasteiger partial charge in [-0.1, -0.05) is 15.9 Å². The predicted molar refractivity (Wildman–Crippen MR) is 103 cm³/mol. The molecule has 1 aromatic rings. The molecule has 24 heavy (non-hydrogen) atoms. The highest BCUT2D eigenvalue weighted by atomic mass is 79.9. The number of hydrogen-bond acceptors (Lipinski definition) is 3. The van der Waals surface area contributed by atoms with Crippen LogP contribution in [0, 0.1) is 11.8 Å². The van der Waals surface area contributed by atoms with Crippen LogP contribution in [0.4, 0.5) is 0 Å². The Balaban J connectivity index is 1.44. The van der Waals surface area contributed by atoms with Crippen LogP contribution in [0.3, 0.4) is 0 Å². The monoisotopic (exact) mass is 394 g/mol. The van der Waals surface area contributed by atoms with E-state index in [1.807, 2.05) is 6.07 Å². The van der Waals surface area contributed by atoms with Crippen molar-refractivity contribution >= 4 is 15.9 Å². The average Bonchev–Trinajstić information content (AvgIpc) is 3.04. The molecule has 1 saturated carbocycles. The standard InChI is InChI=1S/C20H31BrN2O/c1-24-19-6-7-20(21)17(13-19)12-16-9-11-23(14-16)10-8-15-2-4-18(22)5-3-15/h6-7,13,15-16,18H,2-5,8-12,14,22H2,1H3. The molecule has 1 aliphatic carbocycles. The summed E-state index contributed by atoms with van der Waals surface area (Å²) in [5.41, 5.74) is 7.39. The van der Waals surface area contributed by atoms with Gasteiger partial charge in [-0.2, -0.15) is 0 Å². The molecular formula is C20H31BrN2O. The molecule has 0 spiro atoms. The first-order valence-corrected chi connectivity index (χ1v) is 10.2. The molecule has 2 fully saturated rings. The predicted octanol–water partition coefficient (Wildman–Crippen LogP) is 4.23. The second-order valence-electron chi connectivity index (χ2n) is 7.69. The fraction of sp³-hybridized carbons (Fsp3) is 0.700. The van der Waals surface area contributed by atoms with Gasteiger partial charge in [0.05, 0.1) is 7.11 Å². The van der Waals surface area contributed by atoms with Crippen molar-refractivity contribution in [3.05, 3.63) is 28.2 Å². The molecule has 1 aliphatic heterocycles. The maximum Gasteiger partial charge on any atom is 0.119 e. The van der Waals surface area contributed by atoms with E-state index in [4.69, 9.17) is 10.5 Å². The number of hydrogen-bond donors (Lipinski definition) is 1. The van der Waals surface area contributed by atoms with Gasteiger partial charge in [-0.25, -0.2) is 0 Å². The molecule has 2 aliphatic rings. The van der Waals surface area contributed by atoms with Crippen molar-refractivity contribution in [3.8, 4) is 5.75 Å². The van der Waals surface area contributed by atoms with E-state index in [1.165, 1.54) is 68.2 Å². The zero-order valence-electron chi connectivity index (χ0n) is 14.8. The molecule has 3 nitrogen and oxygen atoms in total. The number of likely N-dealkylation sites (tertiary alicyclic amines) is 1. The average molecular weight is 395 g/mol. The number of halogens is 1. The lowest BCUT2D eigenvalue weighted by Gasteiger charge is -2.27.